The fourth-order valence-corrected chi connectivity index (χ4v) is 3.84. The third-order valence-electron chi connectivity index (χ3n) is 4.55. The maximum atomic E-state index is 12.6. The van der Waals surface area contributed by atoms with Gasteiger partial charge in [-0.15, -0.1) is 0 Å². The van der Waals surface area contributed by atoms with Crippen molar-refractivity contribution in [3.05, 3.63) is 28.0 Å². The largest absolute Gasteiger partial charge is 0.376 e. The van der Waals surface area contributed by atoms with Crippen molar-refractivity contribution in [2.45, 2.75) is 31.9 Å². The Labute approximate surface area is 146 Å². The molecule has 3 heterocycles. The molecule has 23 heavy (non-hydrogen) atoms. The monoisotopic (exact) mass is 357 g/mol. The minimum absolute atomic E-state index is 0.0232. The summed E-state index contributed by atoms with van der Waals surface area (Å²) in [7, 11) is 0. The molecule has 2 fully saturated rings. The highest BCUT2D eigenvalue weighted by Gasteiger charge is 2.29. The van der Waals surface area contributed by atoms with Gasteiger partial charge >= 0.3 is 0 Å². The molecule has 1 atom stereocenters. The number of halogens is 2. The number of piperidine rings is 1. The van der Waals surface area contributed by atoms with Gasteiger partial charge in [-0.05, 0) is 31.9 Å². The fourth-order valence-electron chi connectivity index (χ4n) is 3.38. The van der Waals surface area contributed by atoms with Gasteiger partial charge < -0.3 is 9.64 Å². The number of amides is 1. The Kier molecular flexibility index (Phi) is 5.42. The number of nitrogens with zero attached hydrogens (tertiary/aromatic N) is 3. The predicted molar refractivity (Wildman–Crippen MR) is 90.2 cm³/mol. The molecule has 2 aliphatic heterocycles. The van der Waals surface area contributed by atoms with Gasteiger partial charge in [-0.1, -0.05) is 23.2 Å². The van der Waals surface area contributed by atoms with E-state index in [1.54, 1.807) is 12.1 Å². The van der Waals surface area contributed by atoms with Crippen LogP contribution < -0.4 is 0 Å². The molecule has 0 N–H and O–H groups in total. The minimum Gasteiger partial charge on any atom is -0.376 e. The zero-order valence-corrected chi connectivity index (χ0v) is 14.7. The number of hydrogen-bond donors (Lipinski definition) is 0. The first-order valence-electron chi connectivity index (χ1n) is 8.01. The van der Waals surface area contributed by atoms with Gasteiger partial charge in [0.2, 0.25) is 0 Å². The van der Waals surface area contributed by atoms with Crippen LogP contribution >= 0.6 is 23.2 Å². The predicted octanol–water partition coefficient (Wildman–Crippen LogP) is 2.71. The summed E-state index contributed by atoms with van der Waals surface area (Å²) in [6.45, 7) is 6.39. The third-order valence-corrected chi connectivity index (χ3v) is 4.94. The Hall–Kier alpha value is -0.880. The van der Waals surface area contributed by atoms with Crippen molar-refractivity contribution in [3.63, 3.8) is 0 Å². The second-order valence-electron chi connectivity index (χ2n) is 6.20. The van der Waals surface area contributed by atoms with Crippen molar-refractivity contribution in [1.29, 1.82) is 0 Å². The van der Waals surface area contributed by atoms with E-state index in [0.717, 1.165) is 45.6 Å². The van der Waals surface area contributed by atoms with Gasteiger partial charge in [-0.3, -0.25) is 9.69 Å². The molecular formula is C16H21Cl2N3O2. The van der Waals surface area contributed by atoms with E-state index in [-0.39, 0.29) is 16.2 Å². The van der Waals surface area contributed by atoms with Gasteiger partial charge in [0, 0.05) is 37.8 Å². The zero-order valence-electron chi connectivity index (χ0n) is 13.2. The topological polar surface area (TPSA) is 45.7 Å². The summed E-state index contributed by atoms with van der Waals surface area (Å²) in [5.41, 5.74) is 0.508. The lowest BCUT2D eigenvalue weighted by atomic mass is 10.0. The Morgan fingerprint density at radius 3 is 2.48 bits per heavy atom. The van der Waals surface area contributed by atoms with Crippen molar-refractivity contribution >= 4 is 29.1 Å². The van der Waals surface area contributed by atoms with Crippen LogP contribution in [0.25, 0.3) is 0 Å². The molecule has 3 rings (SSSR count). The summed E-state index contributed by atoms with van der Waals surface area (Å²) >= 11 is 11.8. The summed E-state index contributed by atoms with van der Waals surface area (Å²) < 4.78 is 5.60. The molecule has 2 saturated heterocycles. The first kappa shape index (κ1) is 17.0. The first-order valence-corrected chi connectivity index (χ1v) is 8.76. The first-order chi connectivity index (χ1) is 11.0. The van der Waals surface area contributed by atoms with E-state index in [9.17, 15) is 4.79 Å². The summed E-state index contributed by atoms with van der Waals surface area (Å²) in [4.78, 5) is 20.8. The number of likely N-dealkylation sites (tertiary alicyclic amines) is 1. The Morgan fingerprint density at radius 2 is 1.87 bits per heavy atom. The summed E-state index contributed by atoms with van der Waals surface area (Å²) in [6.07, 6.45) is 2.28. The number of hydrogen-bond acceptors (Lipinski definition) is 4. The van der Waals surface area contributed by atoms with Crippen molar-refractivity contribution in [1.82, 2.24) is 14.8 Å². The summed E-state index contributed by atoms with van der Waals surface area (Å²) in [6, 6.07) is 3.69. The van der Waals surface area contributed by atoms with Crippen LogP contribution in [0.15, 0.2) is 12.1 Å². The quantitative estimate of drug-likeness (QED) is 0.763. The molecule has 0 saturated carbocycles. The average molecular weight is 358 g/mol. The summed E-state index contributed by atoms with van der Waals surface area (Å²) in [5, 5.41) is 0.496. The van der Waals surface area contributed by atoms with Crippen LogP contribution in [-0.4, -0.2) is 65.6 Å². The van der Waals surface area contributed by atoms with E-state index in [0.29, 0.717) is 17.7 Å². The van der Waals surface area contributed by atoms with E-state index in [4.69, 9.17) is 27.9 Å². The molecule has 1 amide bonds. The van der Waals surface area contributed by atoms with Crippen LogP contribution in [0.5, 0.6) is 0 Å². The van der Waals surface area contributed by atoms with E-state index in [1.807, 2.05) is 4.90 Å². The average Bonchev–Trinajstić information content (AvgIpc) is 2.53. The molecule has 0 aliphatic carbocycles. The maximum absolute atomic E-state index is 12.6. The lowest BCUT2D eigenvalue weighted by Crippen LogP contribution is -2.51. The third kappa shape index (κ3) is 4.15. The van der Waals surface area contributed by atoms with Gasteiger partial charge in [0.25, 0.3) is 5.91 Å². The number of pyridine rings is 1. The molecule has 0 radical (unpaired) electrons. The summed E-state index contributed by atoms with van der Waals surface area (Å²) in [5.74, 6) is -0.0232. The maximum Gasteiger partial charge on any atom is 0.254 e. The van der Waals surface area contributed by atoms with E-state index in [1.165, 1.54) is 0 Å². The molecule has 2 aliphatic rings. The molecule has 1 aromatic rings. The molecule has 5 nitrogen and oxygen atoms in total. The molecule has 1 aromatic heterocycles. The molecule has 0 aromatic carbocycles. The van der Waals surface area contributed by atoms with Crippen molar-refractivity contribution < 1.29 is 9.53 Å². The number of morpholine rings is 1. The van der Waals surface area contributed by atoms with Crippen LogP contribution in [0.1, 0.15) is 30.1 Å². The highest BCUT2D eigenvalue weighted by atomic mass is 35.5. The highest BCUT2D eigenvalue weighted by Crippen LogP contribution is 2.22. The lowest BCUT2D eigenvalue weighted by Gasteiger charge is -2.41. The van der Waals surface area contributed by atoms with Crippen LogP contribution in [0.3, 0.4) is 0 Å². The normalized spacial score (nSPS) is 24.0. The van der Waals surface area contributed by atoms with Crippen LogP contribution in [0.4, 0.5) is 0 Å². The van der Waals surface area contributed by atoms with Gasteiger partial charge in [0.1, 0.15) is 10.3 Å². The van der Waals surface area contributed by atoms with Crippen LogP contribution in [0, 0.1) is 0 Å². The molecule has 0 spiro atoms. The second-order valence-corrected chi connectivity index (χ2v) is 6.98. The van der Waals surface area contributed by atoms with Crippen molar-refractivity contribution in [3.8, 4) is 0 Å². The fraction of sp³-hybridized carbons (Fsp3) is 0.625. The smallest absolute Gasteiger partial charge is 0.254 e. The van der Waals surface area contributed by atoms with Gasteiger partial charge in [0.15, 0.2) is 0 Å². The minimum atomic E-state index is -0.0232. The van der Waals surface area contributed by atoms with Gasteiger partial charge in [0.05, 0.1) is 12.7 Å². The number of aromatic nitrogens is 1. The number of rotatable bonds is 2. The number of carbonyl (C=O) groups excluding carboxylic acids is 1. The molecular weight excluding hydrogens is 337 g/mol. The van der Waals surface area contributed by atoms with Crippen molar-refractivity contribution in [2.24, 2.45) is 0 Å². The second kappa shape index (κ2) is 7.34. The Morgan fingerprint density at radius 1 is 1.22 bits per heavy atom. The lowest BCUT2D eigenvalue weighted by molar-refractivity contribution is -0.0423. The van der Waals surface area contributed by atoms with E-state index < -0.39 is 0 Å². The van der Waals surface area contributed by atoms with Crippen molar-refractivity contribution in [2.75, 3.05) is 32.8 Å². The molecule has 126 valence electrons. The number of carbonyl (C=O) groups is 1. The molecule has 0 bridgehead atoms. The Bertz CT molecular complexity index is 556. The number of ether oxygens (including phenoxy) is 1. The Balaban J connectivity index is 1.59. The standard InChI is InChI=1S/C16H21Cl2N3O2/c1-11-10-21(6-7-23-11)13-2-4-20(5-3-13)16(22)12-8-14(17)19-15(18)9-12/h8-9,11,13H,2-7,10H2,1H3. The molecule has 1 unspecified atom stereocenters. The van der Waals surface area contributed by atoms with E-state index >= 15 is 0 Å². The van der Waals surface area contributed by atoms with E-state index in [2.05, 4.69) is 16.8 Å². The molecule has 7 heteroatoms. The van der Waals surface area contributed by atoms with Crippen LogP contribution in [0.2, 0.25) is 10.3 Å². The van der Waals surface area contributed by atoms with Crippen LogP contribution in [-0.2, 0) is 4.74 Å². The van der Waals surface area contributed by atoms with Gasteiger partial charge in [-0.25, -0.2) is 4.98 Å². The highest BCUT2D eigenvalue weighted by molar-refractivity contribution is 6.33. The van der Waals surface area contributed by atoms with Gasteiger partial charge in [-0.2, -0.15) is 0 Å². The SMILES string of the molecule is CC1CN(C2CCN(C(=O)c3cc(Cl)nc(Cl)c3)CC2)CCO1. The zero-order chi connectivity index (χ0) is 16.4.